The standard InChI is InChI=1S/C19H20N2O8S/c20-14(18(24)25)10-12-6-4-5-9-15(12)21(16(19(26)27)11-17(22)23)30(28,29)13-7-2-1-3-8-13/h1-9,14,16H,10-11,20H2,(H,22,23)(H,24,25)(H,26,27)/t14-,16-/m0/s1. The molecule has 2 aromatic rings. The van der Waals surface area contributed by atoms with Gasteiger partial charge >= 0.3 is 17.9 Å². The number of hydrogen-bond donors (Lipinski definition) is 4. The number of sulfonamides is 1. The van der Waals surface area contributed by atoms with E-state index in [0.29, 0.717) is 4.31 Å². The maximum absolute atomic E-state index is 13.4. The summed E-state index contributed by atoms with van der Waals surface area (Å²) >= 11 is 0. The highest BCUT2D eigenvalue weighted by molar-refractivity contribution is 7.93. The number of aliphatic carboxylic acids is 3. The molecule has 0 saturated heterocycles. The maximum Gasteiger partial charge on any atom is 0.328 e. The minimum Gasteiger partial charge on any atom is -0.481 e. The molecular weight excluding hydrogens is 416 g/mol. The first-order valence-electron chi connectivity index (χ1n) is 8.66. The molecule has 0 saturated carbocycles. The van der Waals surface area contributed by atoms with Gasteiger partial charge in [-0.15, -0.1) is 0 Å². The maximum atomic E-state index is 13.4. The molecule has 10 nitrogen and oxygen atoms in total. The zero-order valence-electron chi connectivity index (χ0n) is 15.6. The summed E-state index contributed by atoms with van der Waals surface area (Å²) in [6.45, 7) is 0. The predicted octanol–water partition coefficient (Wildman–Crippen LogP) is 0.764. The van der Waals surface area contributed by atoms with E-state index in [0.717, 1.165) is 0 Å². The minimum atomic E-state index is -4.52. The molecule has 11 heteroatoms. The van der Waals surface area contributed by atoms with Crippen LogP contribution in [0, 0.1) is 0 Å². The van der Waals surface area contributed by atoms with Gasteiger partial charge in [0.25, 0.3) is 10.0 Å². The van der Waals surface area contributed by atoms with E-state index in [1.54, 1.807) is 6.07 Å². The molecule has 0 amide bonds. The van der Waals surface area contributed by atoms with Crippen LogP contribution in [-0.2, 0) is 30.8 Å². The van der Waals surface area contributed by atoms with Crippen molar-refractivity contribution in [2.45, 2.75) is 29.8 Å². The lowest BCUT2D eigenvalue weighted by molar-refractivity contribution is -0.144. The first-order valence-corrected chi connectivity index (χ1v) is 10.1. The average Bonchev–Trinajstić information content (AvgIpc) is 2.68. The predicted molar refractivity (Wildman–Crippen MR) is 106 cm³/mol. The number of carboxylic acids is 3. The van der Waals surface area contributed by atoms with Crippen molar-refractivity contribution in [1.82, 2.24) is 0 Å². The van der Waals surface area contributed by atoms with E-state index in [4.69, 9.17) is 15.9 Å². The quantitative estimate of drug-likeness (QED) is 0.419. The highest BCUT2D eigenvalue weighted by Crippen LogP contribution is 2.31. The van der Waals surface area contributed by atoms with Crippen LogP contribution in [0.4, 0.5) is 5.69 Å². The van der Waals surface area contributed by atoms with Gasteiger partial charge in [-0.3, -0.25) is 13.9 Å². The zero-order valence-corrected chi connectivity index (χ0v) is 16.4. The van der Waals surface area contributed by atoms with Crippen molar-refractivity contribution in [1.29, 1.82) is 0 Å². The van der Waals surface area contributed by atoms with Crippen molar-refractivity contribution in [3.63, 3.8) is 0 Å². The molecule has 0 radical (unpaired) electrons. The van der Waals surface area contributed by atoms with Crippen LogP contribution >= 0.6 is 0 Å². The third-order valence-electron chi connectivity index (χ3n) is 4.22. The van der Waals surface area contributed by atoms with Crippen LogP contribution in [0.3, 0.4) is 0 Å². The third-order valence-corrected chi connectivity index (χ3v) is 6.06. The van der Waals surface area contributed by atoms with Crippen molar-refractivity contribution in [3.8, 4) is 0 Å². The second-order valence-corrected chi connectivity index (χ2v) is 8.16. The van der Waals surface area contributed by atoms with Gasteiger partial charge in [0.1, 0.15) is 6.04 Å². The molecule has 2 rings (SSSR count). The Morgan fingerprint density at radius 3 is 2.00 bits per heavy atom. The fourth-order valence-corrected chi connectivity index (χ4v) is 4.49. The Morgan fingerprint density at radius 1 is 0.900 bits per heavy atom. The van der Waals surface area contributed by atoms with Crippen LogP contribution < -0.4 is 10.0 Å². The number of hydrogen-bond acceptors (Lipinski definition) is 6. The Hall–Kier alpha value is -3.44. The molecule has 0 bridgehead atoms. The van der Waals surface area contributed by atoms with E-state index in [1.807, 2.05) is 0 Å². The van der Waals surface area contributed by atoms with E-state index >= 15 is 0 Å². The van der Waals surface area contributed by atoms with Crippen molar-refractivity contribution in [2.75, 3.05) is 4.31 Å². The van der Waals surface area contributed by atoms with Crippen molar-refractivity contribution in [3.05, 3.63) is 60.2 Å². The molecule has 0 aliphatic rings. The summed E-state index contributed by atoms with van der Waals surface area (Å²) in [6.07, 6.45) is -1.31. The smallest absolute Gasteiger partial charge is 0.328 e. The van der Waals surface area contributed by atoms with Crippen molar-refractivity contribution < 1.29 is 38.1 Å². The summed E-state index contributed by atoms with van der Waals surface area (Å²) < 4.78 is 27.2. The van der Waals surface area contributed by atoms with Gasteiger partial charge in [0.15, 0.2) is 6.04 Å². The van der Waals surface area contributed by atoms with E-state index in [2.05, 4.69) is 0 Å². The molecular formula is C19H20N2O8S. The molecule has 30 heavy (non-hydrogen) atoms. The lowest BCUT2D eigenvalue weighted by Gasteiger charge is -2.31. The summed E-state index contributed by atoms with van der Waals surface area (Å²) in [5.41, 5.74) is 5.56. The first kappa shape index (κ1) is 22.8. The molecule has 5 N–H and O–H groups in total. The summed E-state index contributed by atoms with van der Waals surface area (Å²) in [5, 5.41) is 27.9. The van der Waals surface area contributed by atoms with Gasteiger partial charge in [0.2, 0.25) is 0 Å². The molecule has 160 valence electrons. The second-order valence-electron chi connectivity index (χ2n) is 6.34. The number of nitrogens with zero attached hydrogens (tertiary/aromatic N) is 1. The number of benzene rings is 2. The summed E-state index contributed by atoms with van der Waals surface area (Å²) in [4.78, 5) is 34.1. The van der Waals surface area contributed by atoms with Crippen molar-refractivity contribution in [2.24, 2.45) is 5.73 Å². The lowest BCUT2D eigenvalue weighted by atomic mass is 10.0. The number of rotatable bonds is 10. The fourth-order valence-electron chi connectivity index (χ4n) is 2.83. The molecule has 0 aliphatic heterocycles. The largest absolute Gasteiger partial charge is 0.481 e. The average molecular weight is 436 g/mol. The molecule has 0 fully saturated rings. The number of nitrogens with two attached hydrogens (primary N) is 1. The monoisotopic (exact) mass is 436 g/mol. The van der Waals surface area contributed by atoms with Crippen LogP contribution in [0.1, 0.15) is 12.0 Å². The van der Waals surface area contributed by atoms with E-state index in [1.165, 1.54) is 48.5 Å². The van der Waals surface area contributed by atoms with Gasteiger partial charge in [0.05, 0.1) is 17.0 Å². The lowest BCUT2D eigenvalue weighted by Crippen LogP contribution is -2.47. The van der Waals surface area contributed by atoms with Crippen LogP contribution in [0.25, 0.3) is 0 Å². The topological polar surface area (TPSA) is 175 Å². The number of para-hydroxylation sites is 1. The van der Waals surface area contributed by atoms with Gasteiger partial charge in [-0.1, -0.05) is 36.4 Å². The molecule has 2 aromatic carbocycles. The van der Waals surface area contributed by atoms with Crippen molar-refractivity contribution >= 4 is 33.6 Å². The Kier molecular flexibility index (Phi) is 7.14. The molecule has 2 atom stereocenters. The van der Waals surface area contributed by atoms with E-state index < -0.39 is 46.4 Å². The van der Waals surface area contributed by atoms with Gasteiger partial charge in [-0.2, -0.15) is 0 Å². The minimum absolute atomic E-state index is 0.142. The third kappa shape index (κ3) is 5.13. The van der Waals surface area contributed by atoms with Gasteiger partial charge in [-0.25, -0.2) is 13.2 Å². The highest BCUT2D eigenvalue weighted by atomic mass is 32.2. The molecule has 0 heterocycles. The Balaban J connectivity index is 2.73. The van der Waals surface area contributed by atoms with E-state index in [-0.39, 0.29) is 22.6 Å². The van der Waals surface area contributed by atoms with Crippen LogP contribution in [0.5, 0.6) is 0 Å². The Labute approximate surface area is 172 Å². The second kappa shape index (κ2) is 9.37. The van der Waals surface area contributed by atoms with Gasteiger partial charge in [0, 0.05) is 6.42 Å². The SMILES string of the molecule is N[C@@H](Cc1ccccc1N([C@@H](CC(=O)O)C(=O)O)S(=O)(=O)c1ccccc1)C(=O)O. The summed E-state index contributed by atoms with van der Waals surface area (Å²) in [7, 11) is -4.52. The molecule has 0 unspecified atom stereocenters. The van der Waals surface area contributed by atoms with Gasteiger partial charge < -0.3 is 21.1 Å². The molecule has 0 aliphatic carbocycles. The number of carbonyl (C=O) groups is 3. The highest BCUT2D eigenvalue weighted by Gasteiger charge is 2.39. The molecule has 0 aromatic heterocycles. The fraction of sp³-hybridized carbons (Fsp3) is 0.211. The van der Waals surface area contributed by atoms with Gasteiger partial charge in [-0.05, 0) is 23.8 Å². The number of anilines is 1. The van der Waals surface area contributed by atoms with Crippen LogP contribution in [-0.4, -0.2) is 53.7 Å². The zero-order chi connectivity index (χ0) is 22.5. The van der Waals surface area contributed by atoms with Crippen LogP contribution in [0.2, 0.25) is 0 Å². The first-order chi connectivity index (χ1) is 14.1. The molecule has 0 spiro atoms. The normalized spacial score (nSPS) is 13.2. The summed E-state index contributed by atoms with van der Waals surface area (Å²) in [6, 6.07) is 9.19. The Bertz CT molecular complexity index is 1040. The van der Waals surface area contributed by atoms with E-state index in [9.17, 15) is 27.9 Å². The van der Waals surface area contributed by atoms with Crippen LogP contribution in [0.15, 0.2) is 59.5 Å². The Morgan fingerprint density at radius 2 is 1.47 bits per heavy atom. The summed E-state index contributed by atoms with van der Waals surface area (Å²) in [5.74, 6) is -4.52. The number of carboxylic acid groups (broad SMARTS) is 3.